The molecule has 2 aromatic carbocycles. The van der Waals surface area contributed by atoms with Crippen molar-refractivity contribution >= 4 is 29.4 Å². The molecule has 4 rings (SSSR count). The molecule has 6 nitrogen and oxygen atoms in total. The van der Waals surface area contributed by atoms with Gasteiger partial charge in [-0.1, -0.05) is 24.3 Å². The first-order chi connectivity index (χ1) is 19.0. The summed E-state index contributed by atoms with van der Waals surface area (Å²) >= 11 is 1.65. The molecule has 40 heavy (non-hydrogen) atoms. The van der Waals surface area contributed by atoms with E-state index in [9.17, 15) is 14.4 Å². The number of Topliss-reactive ketones (excluding diaryl/α,β-unsaturated/α-hetero) is 2. The molecule has 2 fully saturated rings. The summed E-state index contributed by atoms with van der Waals surface area (Å²) < 4.78 is 11.9. The number of hydrogen-bond acceptors (Lipinski definition) is 6. The first-order valence-corrected chi connectivity index (χ1v) is 15.6. The SMILES string of the molecule is CSc1ccc(C(=O)[C@H]2CN(C(=O)OC3CCCC3)C[C@@H]2CCc2cc(C)c(OC(C)(C)C(C)=O)c(C)c2)cc1. The Morgan fingerprint density at radius 2 is 1.62 bits per heavy atom. The first kappa shape index (κ1) is 30.2. The zero-order chi connectivity index (χ0) is 29.0. The van der Waals surface area contributed by atoms with Gasteiger partial charge in [-0.2, -0.15) is 0 Å². The molecular formula is C33H43NO5S. The van der Waals surface area contributed by atoms with Crippen molar-refractivity contribution in [2.45, 2.75) is 89.7 Å². The van der Waals surface area contributed by atoms with Crippen LogP contribution in [-0.2, 0) is 16.0 Å². The average Bonchev–Trinajstić information content (AvgIpc) is 3.59. The summed E-state index contributed by atoms with van der Waals surface area (Å²) in [5.74, 6) is 0.588. The number of rotatable bonds is 10. The standard InChI is InChI=1S/C33H43NO5S/c1-21-17-24(18-22(2)31(21)39-33(4,5)23(3)35)11-12-26-19-34(32(37)38-27-9-7-8-10-27)20-29(26)30(36)25-13-15-28(40-6)16-14-25/h13-18,26-27,29H,7-12,19-20H2,1-6H3/t26-,29-/m0/s1. The van der Waals surface area contributed by atoms with Crippen LogP contribution in [0.5, 0.6) is 5.75 Å². The third-order valence-corrected chi connectivity index (χ3v) is 9.25. The molecule has 1 aliphatic carbocycles. The van der Waals surface area contributed by atoms with Crippen molar-refractivity contribution in [2.75, 3.05) is 19.3 Å². The molecule has 7 heteroatoms. The summed E-state index contributed by atoms with van der Waals surface area (Å²) in [6.45, 7) is 10.0. The fourth-order valence-corrected chi connectivity index (χ4v) is 6.24. The maximum Gasteiger partial charge on any atom is 0.410 e. The number of carbonyl (C=O) groups is 3. The predicted octanol–water partition coefficient (Wildman–Crippen LogP) is 7.21. The van der Waals surface area contributed by atoms with Crippen LogP contribution in [0.4, 0.5) is 4.79 Å². The average molecular weight is 566 g/mol. The summed E-state index contributed by atoms with van der Waals surface area (Å²) in [4.78, 5) is 41.6. The number of amides is 1. The normalized spacial score (nSPS) is 19.6. The van der Waals surface area contributed by atoms with Crippen LogP contribution in [0, 0.1) is 25.7 Å². The van der Waals surface area contributed by atoms with Crippen molar-refractivity contribution in [1.82, 2.24) is 4.90 Å². The van der Waals surface area contributed by atoms with Gasteiger partial charge in [-0.25, -0.2) is 4.79 Å². The van der Waals surface area contributed by atoms with E-state index in [-0.39, 0.29) is 35.6 Å². The molecule has 216 valence electrons. The van der Waals surface area contributed by atoms with Gasteiger partial charge in [-0.15, -0.1) is 11.8 Å². The molecule has 0 aromatic heterocycles. The molecule has 0 N–H and O–H groups in total. The van der Waals surface area contributed by atoms with Gasteiger partial charge >= 0.3 is 6.09 Å². The van der Waals surface area contributed by atoms with E-state index in [2.05, 4.69) is 12.1 Å². The zero-order valence-corrected chi connectivity index (χ0v) is 25.6. The minimum absolute atomic E-state index is 0.000506. The van der Waals surface area contributed by atoms with Gasteiger partial charge in [0, 0.05) is 29.5 Å². The van der Waals surface area contributed by atoms with Crippen LogP contribution in [0.1, 0.15) is 79.9 Å². The van der Waals surface area contributed by atoms with Crippen molar-refractivity contribution in [2.24, 2.45) is 11.8 Å². The maximum atomic E-state index is 13.7. The van der Waals surface area contributed by atoms with E-state index < -0.39 is 5.60 Å². The third-order valence-electron chi connectivity index (χ3n) is 8.51. The minimum Gasteiger partial charge on any atom is -0.480 e. The van der Waals surface area contributed by atoms with E-state index >= 15 is 0 Å². The Labute approximate surface area is 243 Å². The summed E-state index contributed by atoms with van der Waals surface area (Å²) in [5, 5.41) is 0. The van der Waals surface area contributed by atoms with Gasteiger partial charge in [-0.3, -0.25) is 9.59 Å². The number of benzene rings is 2. The molecule has 0 unspecified atom stereocenters. The minimum atomic E-state index is -0.890. The Bertz CT molecular complexity index is 1210. The molecule has 0 spiro atoms. The fourth-order valence-electron chi connectivity index (χ4n) is 5.83. The maximum absolute atomic E-state index is 13.7. The number of hydrogen-bond donors (Lipinski definition) is 0. The Hall–Kier alpha value is -2.80. The molecule has 2 aliphatic rings. The second kappa shape index (κ2) is 12.8. The quantitative estimate of drug-likeness (QED) is 0.224. The van der Waals surface area contributed by atoms with Crippen LogP contribution < -0.4 is 4.74 Å². The lowest BCUT2D eigenvalue weighted by atomic mass is 9.84. The number of ether oxygens (including phenoxy) is 2. The van der Waals surface area contributed by atoms with E-state index in [1.54, 1.807) is 37.4 Å². The van der Waals surface area contributed by atoms with Crippen molar-refractivity contribution in [3.63, 3.8) is 0 Å². The first-order valence-electron chi connectivity index (χ1n) is 14.4. The summed E-state index contributed by atoms with van der Waals surface area (Å²) in [6.07, 6.45) is 7.35. The number of thioether (sulfide) groups is 1. The van der Waals surface area contributed by atoms with Crippen molar-refractivity contribution in [1.29, 1.82) is 0 Å². The molecule has 0 bridgehead atoms. The second-order valence-corrected chi connectivity index (χ2v) is 12.8. The lowest BCUT2D eigenvalue weighted by Gasteiger charge is -2.26. The lowest BCUT2D eigenvalue weighted by Crippen LogP contribution is -2.36. The van der Waals surface area contributed by atoms with E-state index in [1.807, 2.05) is 44.4 Å². The highest BCUT2D eigenvalue weighted by Gasteiger charge is 2.40. The van der Waals surface area contributed by atoms with Crippen LogP contribution in [0.25, 0.3) is 0 Å². The monoisotopic (exact) mass is 565 g/mol. The highest BCUT2D eigenvalue weighted by atomic mass is 32.2. The van der Waals surface area contributed by atoms with Gasteiger partial charge in [0.25, 0.3) is 0 Å². The predicted molar refractivity (Wildman–Crippen MR) is 159 cm³/mol. The van der Waals surface area contributed by atoms with E-state index in [4.69, 9.17) is 9.47 Å². The van der Waals surface area contributed by atoms with Crippen molar-refractivity contribution in [3.8, 4) is 5.75 Å². The number of ketones is 2. The molecule has 0 radical (unpaired) electrons. The fraction of sp³-hybridized carbons (Fsp3) is 0.545. The van der Waals surface area contributed by atoms with Gasteiger partial charge in [0.05, 0.1) is 0 Å². The molecule has 1 heterocycles. The molecular weight excluding hydrogens is 522 g/mol. The zero-order valence-electron chi connectivity index (χ0n) is 24.7. The largest absolute Gasteiger partial charge is 0.480 e. The van der Waals surface area contributed by atoms with E-state index in [0.29, 0.717) is 18.7 Å². The van der Waals surface area contributed by atoms with Crippen molar-refractivity contribution in [3.05, 3.63) is 58.7 Å². The van der Waals surface area contributed by atoms with Gasteiger partial charge in [-0.05, 0) is 114 Å². The van der Waals surface area contributed by atoms with Gasteiger partial charge in [0.1, 0.15) is 11.9 Å². The highest BCUT2D eigenvalue weighted by molar-refractivity contribution is 7.98. The van der Waals surface area contributed by atoms with Gasteiger partial charge < -0.3 is 14.4 Å². The molecule has 2 atom stereocenters. The number of nitrogens with zero attached hydrogens (tertiary/aromatic N) is 1. The summed E-state index contributed by atoms with van der Waals surface area (Å²) in [7, 11) is 0. The Morgan fingerprint density at radius 3 is 2.20 bits per heavy atom. The summed E-state index contributed by atoms with van der Waals surface area (Å²) in [6, 6.07) is 12.0. The van der Waals surface area contributed by atoms with E-state index in [0.717, 1.165) is 65.9 Å². The molecule has 1 amide bonds. The number of aryl methyl sites for hydroxylation is 3. The molecule has 1 aliphatic heterocycles. The van der Waals surface area contributed by atoms with Crippen LogP contribution in [0.3, 0.4) is 0 Å². The molecule has 1 saturated heterocycles. The number of carbonyl (C=O) groups excluding carboxylic acids is 3. The topological polar surface area (TPSA) is 72.9 Å². The van der Waals surface area contributed by atoms with Crippen LogP contribution in [0.2, 0.25) is 0 Å². The third kappa shape index (κ3) is 7.09. The summed E-state index contributed by atoms with van der Waals surface area (Å²) in [5.41, 5.74) is 2.93. The van der Waals surface area contributed by atoms with Gasteiger partial charge in [0.15, 0.2) is 17.2 Å². The Morgan fingerprint density at radius 1 is 1.00 bits per heavy atom. The Balaban J connectivity index is 1.50. The van der Waals surface area contributed by atoms with Crippen LogP contribution >= 0.6 is 11.8 Å². The molecule has 1 saturated carbocycles. The van der Waals surface area contributed by atoms with Crippen molar-refractivity contribution < 1.29 is 23.9 Å². The van der Waals surface area contributed by atoms with Crippen LogP contribution in [-0.4, -0.2) is 53.6 Å². The highest BCUT2D eigenvalue weighted by Crippen LogP contribution is 2.34. The molecule has 2 aromatic rings. The number of likely N-dealkylation sites (tertiary alicyclic amines) is 1. The van der Waals surface area contributed by atoms with Gasteiger partial charge in [0.2, 0.25) is 0 Å². The lowest BCUT2D eigenvalue weighted by molar-refractivity contribution is -0.129. The van der Waals surface area contributed by atoms with E-state index in [1.165, 1.54) is 0 Å². The second-order valence-electron chi connectivity index (χ2n) is 11.9. The Kier molecular flexibility index (Phi) is 9.65. The van der Waals surface area contributed by atoms with Crippen LogP contribution in [0.15, 0.2) is 41.3 Å². The smallest absolute Gasteiger partial charge is 0.410 e.